The van der Waals surface area contributed by atoms with Crippen molar-refractivity contribution in [2.24, 2.45) is 5.92 Å². The molecular formula is C24H31N5O3. The molecule has 2 aromatic rings. The van der Waals surface area contributed by atoms with Crippen LogP contribution in [0.2, 0.25) is 0 Å². The lowest BCUT2D eigenvalue weighted by Crippen LogP contribution is -2.50. The van der Waals surface area contributed by atoms with Crippen molar-refractivity contribution >= 4 is 17.8 Å². The van der Waals surface area contributed by atoms with E-state index >= 15 is 0 Å². The minimum absolute atomic E-state index is 0.237. The van der Waals surface area contributed by atoms with Crippen LogP contribution in [-0.2, 0) is 16.0 Å². The van der Waals surface area contributed by atoms with E-state index in [-0.39, 0.29) is 18.4 Å². The van der Waals surface area contributed by atoms with Gasteiger partial charge in [0.1, 0.15) is 12.1 Å². The number of imide groups is 1. The Morgan fingerprint density at radius 2 is 1.88 bits per heavy atom. The second-order valence-corrected chi connectivity index (χ2v) is 9.19. The number of hydrogen-bond donors (Lipinski definition) is 2. The Morgan fingerprint density at radius 1 is 1.19 bits per heavy atom. The van der Waals surface area contributed by atoms with Gasteiger partial charge >= 0.3 is 6.03 Å². The summed E-state index contributed by atoms with van der Waals surface area (Å²) in [4.78, 5) is 38.7. The molecule has 1 aromatic heterocycles. The van der Waals surface area contributed by atoms with Gasteiger partial charge in [0.25, 0.3) is 5.91 Å². The van der Waals surface area contributed by atoms with Crippen molar-refractivity contribution < 1.29 is 14.4 Å². The molecular weight excluding hydrogens is 406 g/mol. The third kappa shape index (κ3) is 4.40. The van der Waals surface area contributed by atoms with E-state index in [1.54, 1.807) is 0 Å². The zero-order chi connectivity index (χ0) is 22.9. The van der Waals surface area contributed by atoms with Crippen molar-refractivity contribution in [3.63, 3.8) is 0 Å². The van der Waals surface area contributed by atoms with Crippen LogP contribution < -0.4 is 10.6 Å². The molecule has 1 saturated carbocycles. The van der Waals surface area contributed by atoms with E-state index in [9.17, 15) is 14.4 Å². The molecule has 1 aromatic carbocycles. The fourth-order valence-electron chi connectivity index (χ4n) is 4.65. The molecule has 0 bridgehead atoms. The Bertz CT molecular complexity index is 1020. The summed E-state index contributed by atoms with van der Waals surface area (Å²) in [6.45, 7) is 6.34. The quantitative estimate of drug-likeness (QED) is 0.679. The average Bonchev–Trinajstić information content (AvgIpc) is 3.21. The van der Waals surface area contributed by atoms with E-state index in [4.69, 9.17) is 0 Å². The highest BCUT2D eigenvalue weighted by atomic mass is 16.2. The molecule has 2 N–H and O–H groups in total. The lowest BCUT2D eigenvalue weighted by molar-refractivity contribution is -0.136. The molecule has 1 aliphatic carbocycles. The average molecular weight is 438 g/mol. The van der Waals surface area contributed by atoms with E-state index in [1.165, 1.54) is 0 Å². The molecule has 8 nitrogen and oxygen atoms in total. The molecule has 2 fully saturated rings. The zero-order valence-corrected chi connectivity index (χ0v) is 19.0. The van der Waals surface area contributed by atoms with Crippen LogP contribution in [0, 0.1) is 19.8 Å². The Kier molecular flexibility index (Phi) is 6.04. The predicted molar refractivity (Wildman–Crippen MR) is 120 cm³/mol. The Balaban J connectivity index is 1.27. The van der Waals surface area contributed by atoms with Crippen LogP contribution in [-0.4, -0.2) is 51.2 Å². The number of nitrogens with one attached hydrogen (secondary N) is 2. The molecule has 0 radical (unpaired) electrons. The zero-order valence-electron chi connectivity index (χ0n) is 19.0. The predicted octanol–water partition coefficient (Wildman–Crippen LogP) is 2.65. The number of carbonyl (C=O) groups excluding carboxylic acids is 3. The summed E-state index contributed by atoms with van der Waals surface area (Å²) in [5.74, 6) is -0.0253. The molecule has 2 heterocycles. The Hall–Kier alpha value is -3.16. The number of carbonyl (C=O) groups is 3. The fraction of sp³-hybridized carbons (Fsp3) is 0.500. The molecule has 4 amide bonds. The van der Waals surface area contributed by atoms with Crippen molar-refractivity contribution in [2.75, 3.05) is 13.1 Å². The van der Waals surface area contributed by atoms with Crippen molar-refractivity contribution in [2.45, 2.75) is 58.4 Å². The van der Waals surface area contributed by atoms with Gasteiger partial charge in [0, 0.05) is 12.2 Å². The van der Waals surface area contributed by atoms with Gasteiger partial charge in [-0.1, -0.05) is 19.1 Å². The molecule has 32 heavy (non-hydrogen) atoms. The van der Waals surface area contributed by atoms with Crippen LogP contribution in [0.15, 0.2) is 30.3 Å². The van der Waals surface area contributed by atoms with E-state index in [1.807, 2.05) is 48.9 Å². The molecule has 0 unspecified atom stereocenters. The number of rotatable bonds is 6. The van der Waals surface area contributed by atoms with Crippen LogP contribution in [0.1, 0.15) is 49.6 Å². The number of nitrogens with zero attached hydrogens (tertiary/aromatic N) is 3. The number of benzene rings is 1. The summed E-state index contributed by atoms with van der Waals surface area (Å²) >= 11 is 0. The summed E-state index contributed by atoms with van der Waals surface area (Å²) in [6.07, 6.45) is 3.76. The Morgan fingerprint density at radius 3 is 2.50 bits per heavy atom. The number of urea groups is 1. The van der Waals surface area contributed by atoms with Gasteiger partial charge in [-0.2, -0.15) is 5.10 Å². The van der Waals surface area contributed by atoms with Gasteiger partial charge in [-0.25, -0.2) is 9.48 Å². The van der Waals surface area contributed by atoms with E-state index in [2.05, 4.69) is 22.7 Å². The highest BCUT2D eigenvalue weighted by Gasteiger charge is 2.52. The minimum atomic E-state index is -0.808. The topological polar surface area (TPSA) is 96.3 Å². The minimum Gasteiger partial charge on any atom is -0.354 e. The maximum Gasteiger partial charge on any atom is 0.325 e. The first-order chi connectivity index (χ1) is 15.3. The van der Waals surface area contributed by atoms with Crippen LogP contribution in [0.3, 0.4) is 0 Å². The highest BCUT2D eigenvalue weighted by molar-refractivity contribution is 6.09. The summed E-state index contributed by atoms with van der Waals surface area (Å²) < 4.78 is 1.90. The van der Waals surface area contributed by atoms with Gasteiger partial charge in [-0.05, 0) is 75.6 Å². The third-order valence-corrected chi connectivity index (χ3v) is 6.60. The van der Waals surface area contributed by atoms with Gasteiger partial charge in [0.15, 0.2) is 0 Å². The normalized spacial score (nSPS) is 23.0. The van der Waals surface area contributed by atoms with E-state index in [0.717, 1.165) is 40.4 Å². The molecule has 0 atom stereocenters. The summed E-state index contributed by atoms with van der Waals surface area (Å²) in [5, 5.41) is 10.2. The first-order valence-corrected chi connectivity index (χ1v) is 11.3. The second-order valence-electron chi connectivity index (χ2n) is 9.19. The number of hydrogen-bond acceptors (Lipinski definition) is 4. The van der Waals surface area contributed by atoms with Crippen LogP contribution in [0.5, 0.6) is 0 Å². The number of amides is 4. The highest BCUT2D eigenvalue weighted by Crippen LogP contribution is 2.36. The van der Waals surface area contributed by atoms with Crippen LogP contribution >= 0.6 is 0 Å². The molecule has 8 heteroatoms. The van der Waals surface area contributed by atoms with Crippen molar-refractivity contribution in [3.05, 3.63) is 47.3 Å². The first kappa shape index (κ1) is 22.0. The largest absolute Gasteiger partial charge is 0.354 e. The molecule has 1 aliphatic heterocycles. The second kappa shape index (κ2) is 8.76. The van der Waals surface area contributed by atoms with E-state index < -0.39 is 11.6 Å². The van der Waals surface area contributed by atoms with Crippen molar-refractivity contribution in [1.82, 2.24) is 25.3 Å². The Labute approximate surface area is 188 Å². The molecule has 2 aliphatic rings. The van der Waals surface area contributed by atoms with Gasteiger partial charge in [0.05, 0.1) is 11.4 Å². The standard InChI is InChI=1S/C24H31N5O3/c1-16-8-11-24(12-9-16)22(31)28(23(32)26-24)15-21(30)25-13-10-19-4-6-20(7-5-19)29-18(3)14-17(2)27-29/h4-7,14,16H,8-13,15H2,1-3H3,(H,25,30)(H,26,32). The molecule has 4 rings (SSSR count). The van der Waals surface area contributed by atoms with Crippen molar-refractivity contribution in [3.8, 4) is 5.69 Å². The number of aromatic nitrogens is 2. The van der Waals surface area contributed by atoms with Gasteiger partial charge in [-0.15, -0.1) is 0 Å². The third-order valence-electron chi connectivity index (χ3n) is 6.60. The smallest absolute Gasteiger partial charge is 0.325 e. The van der Waals surface area contributed by atoms with E-state index in [0.29, 0.717) is 31.7 Å². The fourth-order valence-corrected chi connectivity index (χ4v) is 4.65. The SMILES string of the molecule is Cc1cc(C)n(-c2ccc(CCNC(=O)CN3C(=O)NC4(CCC(C)CC4)C3=O)cc2)n1. The maximum atomic E-state index is 12.9. The number of aryl methyl sites for hydroxylation is 2. The van der Waals surface area contributed by atoms with Gasteiger partial charge in [-0.3, -0.25) is 14.5 Å². The molecule has 1 saturated heterocycles. The lowest BCUT2D eigenvalue weighted by atomic mass is 9.77. The summed E-state index contributed by atoms with van der Waals surface area (Å²) in [7, 11) is 0. The van der Waals surface area contributed by atoms with Crippen molar-refractivity contribution in [1.29, 1.82) is 0 Å². The van der Waals surface area contributed by atoms with Gasteiger partial charge < -0.3 is 10.6 Å². The monoisotopic (exact) mass is 437 g/mol. The lowest BCUT2D eigenvalue weighted by Gasteiger charge is -2.33. The van der Waals surface area contributed by atoms with Gasteiger partial charge in [0.2, 0.25) is 5.91 Å². The maximum absolute atomic E-state index is 12.9. The first-order valence-electron chi connectivity index (χ1n) is 11.3. The van der Waals surface area contributed by atoms with Crippen LogP contribution in [0.4, 0.5) is 4.79 Å². The summed E-state index contributed by atoms with van der Waals surface area (Å²) in [6, 6.07) is 9.62. The summed E-state index contributed by atoms with van der Waals surface area (Å²) in [5.41, 5.74) is 3.32. The molecule has 170 valence electrons. The van der Waals surface area contributed by atoms with Crippen LogP contribution in [0.25, 0.3) is 5.69 Å². The molecule has 1 spiro atoms.